The van der Waals surface area contributed by atoms with Crippen LogP contribution in [0.1, 0.15) is 66.2 Å². The molecule has 3 heteroatoms. The fourth-order valence-electron chi connectivity index (χ4n) is 5.98. The van der Waals surface area contributed by atoms with Crippen molar-refractivity contribution in [3.05, 3.63) is 0 Å². The topological polar surface area (TPSA) is 49.3 Å². The van der Waals surface area contributed by atoms with Gasteiger partial charge in [-0.1, -0.05) is 13.8 Å². The van der Waals surface area contributed by atoms with Crippen LogP contribution in [-0.4, -0.2) is 22.2 Å². The summed E-state index contributed by atoms with van der Waals surface area (Å²) in [5, 5.41) is 13.1. The quantitative estimate of drug-likeness (QED) is 0.806. The second kappa shape index (κ2) is 3.55. The maximum atomic E-state index is 12.2. The summed E-state index contributed by atoms with van der Waals surface area (Å²) in [7, 11) is 0. The first-order valence-electron chi connectivity index (χ1n) is 7.58. The Bertz CT molecular complexity index is 405. The van der Waals surface area contributed by atoms with Crippen molar-refractivity contribution in [1.82, 2.24) is 5.32 Å². The lowest BCUT2D eigenvalue weighted by Gasteiger charge is -2.65. The van der Waals surface area contributed by atoms with Crippen molar-refractivity contribution in [3.8, 4) is 0 Å². The fourth-order valence-corrected chi connectivity index (χ4v) is 5.98. The molecule has 0 aromatic heterocycles. The molecule has 2 N–H and O–H groups in total. The predicted octanol–water partition coefficient (Wildman–Crippen LogP) is 2.62. The van der Waals surface area contributed by atoms with Gasteiger partial charge < -0.3 is 10.4 Å². The van der Waals surface area contributed by atoms with Crippen LogP contribution in [0.25, 0.3) is 0 Å². The summed E-state index contributed by atoms with van der Waals surface area (Å²) in [4.78, 5) is 12.2. The molecule has 1 amide bonds. The smallest absolute Gasteiger partial charge is 0.251 e. The number of rotatable bonds is 2. The Kier molecular flexibility index (Phi) is 2.50. The number of hydrogen-bond acceptors (Lipinski definition) is 2. The van der Waals surface area contributed by atoms with Crippen LogP contribution in [0.3, 0.4) is 0 Å². The van der Waals surface area contributed by atoms with Crippen LogP contribution in [-0.2, 0) is 4.79 Å². The van der Waals surface area contributed by atoms with Crippen LogP contribution in [0, 0.1) is 16.7 Å². The summed E-state index contributed by atoms with van der Waals surface area (Å²) in [5.41, 5.74) is -0.548. The van der Waals surface area contributed by atoms with Crippen LogP contribution in [0.5, 0.6) is 0 Å². The highest BCUT2D eigenvalue weighted by Gasteiger charge is 2.60. The highest BCUT2D eigenvalue weighted by Crippen LogP contribution is 2.66. The molecule has 0 saturated heterocycles. The van der Waals surface area contributed by atoms with Crippen LogP contribution in [0.2, 0.25) is 0 Å². The van der Waals surface area contributed by atoms with Gasteiger partial charge in [-0.25, -0.2) is 0 Å². The van der Waals surface area contributed by atoms with Crippen LogP contribution < -0.4 is 5.32 Å². The number of amides is 1. The highest BCUT2D eigenvalue weighted by atomic mass is 16.3. The monoisotopic (exact) mass is 265 g/mol. The van der Waals surface area contributed by atoms with Gasteiger partial charge in [0.15, 0.2) is 0 Å². The van der Waals surface area contributed by atoms with Gasteiger partial charge in [0.1, 0.15) is 5.60 Å². The molecule has 4 fully saturated rings. The Hall–Kier alpha value is -0.570. The first-order valence-corrected chi connectivity index (χ1v) is 7.58. The summed E-state index contributed by atoms with van der Waals surface area (Å²) in [6.07, 6.45) is 7.24. The zero-order valence-corrected chi connectivity index (χ0v) is 12.7. The first kappa shape index (κ1) is 13.4. The van der Waals surface area contributed by atoms with E-state index in [0.717, 1.165) is 25.2 Å². The van der Waals surface area contributed by atoms with E-state index in [4.69, 9.17) is 0 Å². The molecule has 4 aliphatic rings. The number of carbonyl (C=O) groups excluding carboxylic acids is 1. The molecule has 0 radical (unpaired) electrons. The van der Waals surface area contributed by atoms with E-state index in [1.807, 2.05) is 0 Å². The van der Waals surface area contributed by atoms with Gasteiger partial charge in [-0.2, -0.15) is 0 Å². The van der Waals surface area contributed by atoms with Gasteiger partial charge in [-0.05, 0) is 69.1 Å². The molecular weight excluding hydrogens is 238 g/mol. The molecule has 108 valence electrons. The first-order chi connectivity index (χ1) is 8.53. The van der Waals surface area contributed by atoms with Gasteiger partial charge in [-0.3, -0.25) is 4.79 Å². The molecule has 2 atom stereocenters. The molecule has 19 heavy (non-hydrogen) atoms. The lowest BCUT2D eigenvalue weighted by Crippen LogP contribution is -2.66. The van der Waals surface area contributed by atoms with Crippen LogP contribution >= 0.6 is 0 Å². The minimum Gasteiger partial charge on any atom is -0.381 e. The van der Waals surface area contributed by atoms with E-state index < -0.39 is 5.60 Å². The van der Waals surface area contributed by atoms with Crippen LogP contribution in [0.15, 0.2) is 0 Å². The molecule has 4 bridgehead atoms. The molecule has 4 saturated carbocycles. The van der Waals surface area contributed by atoms with E-state index in [2.05, 4.69) is 19.2 Å². The molecule has 0 aliphatic heterocycles. The van der Waals surface area contributed by atoms with Crippen molar-refractivity contribution in [2.24, 2.45) is 16.7 Å². The minimum absolute atomic E-state index is 0.0556. The van der Waals surface area contributed by atoms with Gasteiger partial charge in [0.05, 0.1) is 0 Å². The zero-order chi connectivity index (χ0) is 14.1. The van der Waals surface area contributed by atoms with Crippen molar-refractivity contribution >= 4 is 5.91 Å². The van der Waals surface area contributed by atoms with E-state index in [1.54, 1.807) is 13.8 Å². The number of carbonyl (C=O) groups is 1. The molecular formula is C16H27NO2. The van der Waals surface area contributed by atoms with Gasteiger partial charge in [-0.15, -0.1) is 0 Å². The third-order valence-electron chi connectivity index (χ3n) is 5.56. The molecule has 4 aliphatic carbocycles. The van der Waals surface area contributed by atoms with Gasteiger partial charge in [0, 0.05) is 5.54 Å². The van der Waals surface area contributed by atoms with Crippen molar-refractivity contribution in [2.45, 2.75) is 77.4 Å². The zero-order valence-electron chi connectivity index (χ0n) is 12.7. The van der Waals surface area contributed by atoms with Crippen LogP contribution in [0.4, 0.5) is 0 Å². The fraction of sp³-hybridized carbons (Fsp3) is 0.938. The highest BCUT2D eigenvalue weighted by molar-refractivity contribution is 5.84. The molecule has 0 aromatic rings. The Morgan fingerprint density at radius 2 is 1.63 bits per heavy atom. The average molecular weight is 265 g/mol. The summed E-state index contributed by atoms with van der Waals surface area (Å²) in [6.45, 7) is 7.93. The summed E-state index contributed by atoms with van der Waals surface area (Å²) in [5.74, 6) is 0.551. The normalized spacial score (nSPS) is 48.4. The SMILES string of the molecule is CC12CC3CC(C)(C1)CC(NC(=O)C(C)(C)O)(C3)C2. The maximum absolute atomic E-state index is 12.2. The largest absolute Gasteiger partial charge is 0.381 e. The van der Waals surface area contributed by atoms with E-state index in [1.165, 1.54) is 19.3 Å². The van der Waals surface area contributed by atoms with Crippen molar-refractivity contribution in [3.63, 3.8) is 0 Å². The lowest BCUT2D eigenvalue weighted by molar-refractivity contribution is -0.151. The average Bonchev–Trinajstić information content (AvgIpc) is 2.07. The van der Waals surface area contributed by atoms with E-state index in [9.17, 15) is 9.90 Å². The minimum atomic E-state index is -1.27. The third-order valence-corrected chi connectivity index (χ3v) is 5.56. The molecule has 2 unspecified atom stereocenters. The molecule has 0 spiro atoms. The van der Waals surface area contributed by atoms with Crippen molar-refractivity contribution in [2.75, 3.05) is 0 Å². The summed E-state index contributed by atoms with van der Waals surface area (Å²) >= 11 is 0. The van der Waals surface area contributed by atoms with E-state index >= 15 is 0 Å². The number of hydrogen-bond donors (Lipinski definition) is 2. The molecule has 0 heterocycles. The van der Waals surface area contributed by atoms with Gasteiger partial charge in [0.2, 0.25) is 0 Å². The molecule has 4 rings (SSSR count). The Morgan fingerprint density at radius 3 is 2.05 bits per heavy atom. The predicted molar refractivity (Wildman–Crippen MR) is 74.6 cm³/mol. The second-order valence-corrected chi connectivity index (χ2v) is 8.92. The van der Waals surface area contributed by atoms with Gasteiger partial charge in [0.25, 0.3) is 5.91 Å². The molecule has 3 nitrogen and oxygen atoms in total. The number of aliphatic hydroxyl groups is 1. The van der Waals surface area contributed by atoms with Gasteiger partial charge >= 0.3 is 0 Å². The maximum Gasteiger partial charge on any atom is 0.251 e. The summed E-state index contributed by atoms with van der Waals surface area (Å²) in [6, 6.07) is 0. The lowest BCUT2D eigenvalue weighted by atomic mass is 9.42. The molecule has 0 aromatic carbocycles. The Morgan fingerprint density at radius 1 is 1.11 bits per heavy atom. The van der Waals surface area contributed by atoms with E-state index in [-0.39, 0.29) is 11.4 Å². The number of nitrogens with one attached hydrogen (secondary N) is 1. The Labute approximate surface area is 116 Å². The standard InChI is InChI=1S/C16H27NO2/c1-13(2,19)12(18)17-16-7-11-5-14(3,9-16)8-15(4,6-11)10-16/h11,19H,5-10H2,1-4H3,(H,17,18). The summed E-state index contributed by atoms with van der Waals surface area (Å²) < 4.78 is 0. The van der Waals surface area contributed by atoms with Crippen molar-refractivity contribution in [1.29, 1.82) is 0 Å². The second-order valence-electron chi connectivity index (χ2n) is 8.92. The third kappa shape index (κ3) is 2.20. The van der Waals surface area contributed by atoms with Crippen molar-refractivity contribution < 1.29 is 9.90 Å². The Balaban J connectivity index is 1.87. The van der Waals surface area contributed by atoms with E-state index in [0.29, 0.717) is 10.8 Å².